The molecule has 0 saturated heterocycles. The zero-order chi connectivity index (χ0) is 13.8. The second-order valence-electron chi connectivity index (χ2n) is 6.38. The number of ether oxygens (including phenoxy) is 1. The third kappa shape index (κ3) is 3.24. The number of aliphatic hydroxyl groups is 1. The van der Waals surface area contributed by atoms with Crippen molar-refractivity contribution in [2.75, 3.05) is 6.61 Å². The minimum absolute atomic E-state index is 0.193. The first kappa shape index (κ1) is 14.1. The quantitative estimate of drug-likeness (QED) is 0.898. The summed E-state index contributed by atoms with van der Waals surface area (Å²) >= 11 is 0. The van der Waals surface area contributed by atoms with Crippen LogP contribution in [-0.4, -0.2) is 17.8 Å². The van der Waals surface area contributed by atoms with Crippen LogP contribution in [0.4, 0.5) is 0 Å². The van der Waals surface area contributed by atoms with Crippen LogP contribution in [0.3, 0.4) is 0 Å². The molecule has 110 valence electrons. The van der Waals surface area contributed by atoms with Gasteiger partial charge in [0.15, 0.2) is 0 Å². The number of aliphatic hydroxyl groups excluding tert-OH is 1. The van der Waals surface area contributed by atoms with E-state index >= 15 is 0 Å². The summed E-state index contributed by atoms with van der Waals surface area (Å²) in [6.07, 6.45) is 9.60. The Hall–Kier alpha value is -0.860. The molecule has 2 aliphatic rings. The lowest BCUT2D eigenvalue weighted by atomic mass is 9.85. The molecule has 1 aromatic rings. The van der Waals surface area contributed by atoms with Gasteiger partial charge in [0, 0.05) is 0 Å². The molecule has 2 aliphatic carbocycles. The third-order valence-corrected chi connectivity index (χ3v) is 4.98. The molecule has 0 radical (unpaired) electrons. The van der Waals surface area contributed by atoms with Crippen LogP contribution in [-0.2, 0) is 11.2 Å². The summed E-state index contributed by atoms with van der Waals surface area (Å²) in [5.41, 5.74) is 2.77. The lowest BCUT2D eigenvalue weighted by Gasteiger charge is -2.30. The summed E-state index contributed by atoms with van der Waals surface area (Å²) in [7, 11) is 0. The SMILES string of the molecule is OC(COC1CCCc2ccccc21)C1CCCCC1. The van der Waals surface area contributed by atoms with Gasteiger partial charge in [0.1, 0.15) is 0 Å². The Balaban J connectivity index is 1.56. The first-order valence-corrected chi connectivity index (χ1v) is 8.22. The molecule has 2 heteroatoms. The highest BCUT2D eigenvalue weighted by atomic mass is 16.5. The van der Waals surface area contributed by atoms with E-state index < -0.39 is 0 Å². The zero-order valence-electron chi connectivity index (χ0n) is 12.3. The van der Waals surface area contributed by atoms with Gasteiger partial charge in [-0.15, -0.1) is 0 Å². The smallest absolute Gasteiger partial charge is 0.0829 e. The summed E-state index contributed by atoms with van der Waals surface area (Å²) in [5.74, 6) is 0.461. The van der Waals surface area contributed by atoms with E-state index in [1.54, 1.807) is 0 Å². The Labute approximate surface area is 122 Å². The Bertz CT molecular complexity index is 423. The molecular formula is C18H26O2. The number of benzene rings is 1. The summed E-state index contributed by atoms with van der Waals surface area (Å²) in [4.78, 5) is 0. The maximum absolute atomic E-state index is 10.3. The van der Waals surface area contributed by atoms with Crippen molar-refractivity contribution >= 4 is 0 Å². The van der Waals surface area contributed by atoms with Crippen LogP contribution in [0.5, 0.6) is 0 Å². The second kappa shape index (κ2) is 6.73. The van der Waals surface area contributed by atoms with Crippen LogP contribution in [0.25, 0.3) is 0 Å². The van der Waals surface area contributed by atoms with Crippen LogP contribution in [0, 0.1) is 5.92 Å². The fourth-order valence-corrected chi connectivity index (χ4v) is 3.75. The van der Waals surface area contributed by atoms with E-state index in [2.05, 4.69) is 24.3 Å². The number of aryl methyl sites for hydroxylation is 1. The van der Waals surface area contributed by atoms with Crippen molar-refractivity contribution in [1.82, 2.24) is 0 Å². The molecule has 0 aromatic heterocycles. The van der Waals surface area contributed by atoms with E-state index in [4.69, 9.17) is 4.74 Å². The summed E-state index contributed by atoms with van der Waals surface area (Å²) in [5, 5.41) is 10.3. The van der Waals surface area contributed by atoms with Gasteiger partial charge in [-0.3, -0.25) is 0 Å². The van der Waals surface area contributed by atoms with Crippen LogP contribution >= 0.6 is 0 Å². The van der Waals surface area contributed by atoms with Gasteiger partial charge in [-0.1, -0.05) is 43.5 Å². The number of hydrogen-bond acceptors (Lipinski definition) is 2. The van der Waals surface area contributed by atoms with Gasteiger partial charge in [0.2, 0.25) is 0 Å². The lowest BCUT2D eigenvalue weighted by Crippen LogP contribution is -2.29. The van der Waals surface area contributed by atoms with Gasteiger partial charge >= 0.3 is 0 Å². The van der Waals surface area contributed by atoms with Crippen molar-refractivity contribution in [3.8, 4) is 0 Å². The predicted octanol–water partition coefficient (Wildman–Crippen LogP) is 4.02. The molecular weight excluding hydrogens is 248 g/mol. The highest BCUT2D eigenvalue weighted by Crippen LogP contribution is 2.33. The average molecular weight is 274 g/mol. The molecule has 1 fully saturated rings. The van der Waals surface area contributed by atoms with Crippen LogP contribution < -0.4 is 0 Å². The molecule has 1 N–H and O–H groups in total. The van der Waals surface area contributed by atoms with Crippen LogP contribution in [0.2, 0.25) is 0 Å². The molecule has 0 amide bonds. The molecule has 2 nitrogen and oxygen atoms in total. The minimum Gasteiger partial charge on any atom is -0.390 e. The van der Waals surface area contributed by atoms with Crippen molar-refractivity contribution < 1.29 is 9.84 Å². The largest absolute Gasteiger partial charge is 0.390 e. The van der Waals surface area contributed by atoms with Gasteiger partial charge < -0.3 is 9.84 Å². The lowest BCUT2D eigenvalue weighted by molar-refractivity contribution is -0.0437. The van der Waals surface area contributed by atoms with E-state index in [1.807, 2.05) is 0 Å². The molecule has 0 heterocycles. The highest BCUT2D eigenvalue weighted by molar-refractivity contribution is 5.31. The first-order valence-electron chi connectivity index (χ1n) is 8.22. The molecule has 1 aromatic carbocycles. The normalized spacial score (nSPS) is 25.1. The molecule has 0 aliphatic heterocycles. The summed E-state index contributed by atoms with van der Waals surface area (Å²) < 4.78 is 6.07. The van der Waals surface area contributed by atoms with Crippen molar-refractivity contribution in [3.05, 3.63) is 35.4 Å². The van der Waals surface area contributed by atoms with Gasteiger partial charge in [-0.25, -0.2) is 0 Å². The van der Waals surface area contributed by atoms with Crippen molar-refractivity contribution in [2.24, 2.45) is 5.92 Å². The summed E-state index contributed by atoms with van der Waals surface area (Å²) in [6, 6.07) is 8.60. The van der Waals surface area contributed by atoms with Crippen LogP contribution in [0.15, 0.2) is 24.3 Å². The first-order chi connectivity index (χ1) is 9.84. The molecule has 2 unspecified atom stereocenters. The number of hydrogen-bond donors (Lipinski definition) is 1. The fraction of sp³-hybridized carbons (Fsp3) is 0.667. The molecule has 0 bridgehead atoms. The van der Waals surface area contributed by atoms with Crippen molar-refractivity contribution in [3.63, 3.8) is 0 Å². The average Bonchev–Trinajstić information content (AvgIpc) is 2.53. The molecule has 20 heavy (non-hydrogen) atoms. The fourth-order valence-electron chi connectivity index (χ4n) is 3.75. The summed E-state index contributed by atoms with van der Waals surface area (Å²) in [6.45, 7) is 0.504. The molecule has 3 rings (SSSR count). The number of fused-ring (bicyclic) bond motifs is 1. The molecule has 1 saturated carbocycles. The van der Waals surface area contributed by atoms with Gasteiger partial charge in [-0.2, -0.15) is 0 Å². The van der Waals surface area contributed by atoms with Gasteiger partial charge in [0.25, 0.3) is 0 Å². The van der Waals surface area contributed by atoms with E-state index in [1.165, 1.54) is 56.1 Å². The minimum atomic E-state index is -0.274. The Morgan fingerprint density at radius 1 is 1.05 bits per heavy atom. The monoisotopic (exact) mass is 274 g/mol. The van der Waals surface area contributed by atoms with E-state index in [0.717, 1.165) is 6.42 Å². The van der Waals surface area contributed by atoms with Crippen molar-refractivity contribution in [2.45, 2.75) is 63.6 Å². The Kier molecular flexibility index (Phi) is 4.74. The third-order valence-electron chi connectivity index (χ3n) is 4.98. The van der Waals surface area contributed by atoms with Gasteiger partial charge in [0.05, 0.1) is 18.8 Å². The molecule has 2 atom stereocenters. The standard InChI is InChI=1S/C18H26O2/c19-17(15-8-2-1-3-9-15)13-20-18-12-6-10-14-7-4-5-11-16(14)18/h4-5,7,11,15,17-19H,1-3,6,8-10,12-13H2. The van der Waals surface area contributed by atoms with E-state index in [0.29, 0.717) is 12.5 Å². The maximum Gasteiger partial charge on any atom is 0.0829 e. The van der Waals surface area contributed by atoms with E-state index in [9.17, 15) is 5.11 Å². The van der Waals surface area contributed by atoms with Gasteiger partial charge in [-0.05, 0) is 49.1 Å². The Morgan fingerprint density at radius 2 is 1.85 bits per heavy atom. The number of rotatable bonds is 4. The predicted molar refractivity (Wildman–Crippen MR) is 80.7 cm³/mol. The van der Waals surface area contributed by atoms with Crippen molar-refractivity contribution in [1.29, 1.82) is 0 Å². The molecule has 0 spiro atoms. The maximum atomic E-state index is 10.3. The second-order valence-corrected chi connectivity index (χ2v) is 6.38. The highest BCUT2D eigenvalue weighted by Gasteiger charge is 2.25. The zero-order valence-corrected chi connectivity index (χ0v) is 12.3. The topological polar surface area (TPSA) is 29.5 Å². The Morgan fingerprint density at radius 3 is 2.70 bits per heavy atom. The van der Waals surface area contributed by atoms with E-state index in [-0.39, 0.29) is 12.2 Å². The van der Waals surface area contributed by atoms with Crippen LogP contribution in [0.1, 0.15) is 62.2 Å².